The summed E-state index contributed by atoms with van der Waals surface area (Å²) in [6.07, 6.45) is 3.67. The molecule has 0 unspecified atom stereocenters. The summed E-state index contributed by atoms with van der Waals surface area (Å²) >= 11 is 11.5. The fourth-order valence-corrected chi connectivity index (χ4v) is 3.40. The Kier molecular flexibility index (Phi) is 7.93. The van der Waals surface area contributed by atoms with Gasteiger partial charge in [-0.3, -0.25) is 0 Å². The van der Waals surface area contributed by atoms with Gasteiger partial charge in [-0.2, -0.15) is 0 Å². The molecule has 0 amide bonds. The molecule has 1 atom stereocenters. The second-order valence-electron chi connectivity index (χ2n) is 6.47. The maximum absolute atomic E-state index is 11.6. The minimum atomic E-state index is -0.408. The van der Waals surface area contributed by atoms with Gasteiger partial charge in [-0.05, 0) is 68.7 Å². The highest BCUT2D eigenvalue weighted by Crippen LogP contribution is 2.23. The molecule has 1 aliphatic heterocycles. The van der Waals surface area contributed by atoms with Crippen molar-refractivity contribution in [1.82, 2.24) is 10.2 Å². The van der Waals surface area contributed by atoms with Crippen molar-refractivity contribution in [3.05, 3.63) is 28.8 Å². The Hall–Kier alpha value is -1.37. The van der Waals surface area contributed by atoms with Gasteiger partial charge in [-0.25, -0.2) is 4.79 Å². The molecule has 1 aromatic rings. The maximum atomic E-state index is 11.6. The molecule has 1 aliphatic rings. The number of nitrogens with one attached hydrogen (secondary N) is 2. The highest BCUT2D eigenvalue weighted by molar-refractivity contribution is 7.80. The third-order valence-corrected chi connectivity index (χ3v) is 4.89. The number of ether oxygens (including phenoxy) is 1. The van der Waals surface area contributed by atoms with Crippen LogP contribution < -0.4 is 10.6 Å². The number of thiocarbonyl (C=S) groups is 1. The zero-order chi connectivity index (χ0) is 18.2. The molecule has 0 aromatic heterocycles. The summed E-state index contributed by atoms with van der Waals surface area (Å²) in [5.41, 5.74) is 1.02. The fourth-order valence-electron chi connectivity index (χ4n) is 3.03. The van der Waals surface area contributed by atoms with Gasteiger partial charge in [0.25, 0.3) is 0 Å². The minimum Gasteiger partial charge on any atom is -0.465 e. The van der Waals surface area contributed by atoms with E-state index in [2.05, 4.69) is 22.5 Å². The lowest BCUT2D eigenvalue weighted by Crippen LogP contribution is -2.37. The Bertz CT molecular complexity index is 612. The van der Waals surface area contributed by atoms with Crippen LogP contribution in [0.15, 0.2) is 18.2 Å². The molecule has 138 valence electrons. The van der Waals surface area contributed by atoms with Crippen molar-refractivity contribution in [1.29, 1.82) is 0 Å². The van der Waals surface area contributed by atoms with Crippen molar-refractivity contribution < 1.29 is 9.53 Å². The smallest absolute Gasteiger partial charge is 0.337 e. The van der Waals surface area contributed by atoms with E-state index >= 15 is 0 Å². The molecule has 25 heavy (non-hydrogen) atoms. The van der Waals surface area contributed by atoms with E-state index in [0.29, 0.717) is 21.4 Å². The zero-order valence-electron chi connectivity index (χ0n) is 14.8. The van der Waals surface area contributed by atoms with Gasteiger partial charge in [0.15, 0.2) is 5.11 Å². The van der Waals surface area contributed by atoms with Crippen LogP contribution in [-0.4, -0.2) is 49.3 Å². The standard InChI is InChI=1S/C18H26ClN3O2S/c1-13-5-3-9-22(12-13)10-4-8-20-18(25)21-16-11-14(17(23)24-2)6-7-15(16)19/h6-7,11,13H,3-5,8-10,12H2,1-2H3,(H2,20,21,25)/t13-/m0/s1. The lowest BCUT2D eigenvalue weighted by molar-refractivity contribution is 0.0601. The molecule has 1 heterocycles. The van der Waals surface area contributed by atoms with Crippen molar-refractivity contribution >= 4 is 40.6 Å². The third kappa shape index (κ3) is 6.45. The molecule has 5 nitrogen and oxygen atoms in total. The first-order chi connectivity index (χ1) is 12.0. The first-order valence-electron chi connectivity index (χ1n) is 8.64. The highest BCUT2D eigenvalue weighted by atomic mass is 35.5. The third-order valence-electron chi connectivity index (χ3n) is 4.31. The first-order valence-corrected chi connectivity index (χ1v) is 9.43. The summed E-state index contributed by atoms with van der Waals surface area (Å²) < 4.78 is 4.72. The quantitative estimate of drug-likeness (QED) is 0.445. The van der Waals surface area contributed by atoms with E-state index in [-0.39, 0.29) is 0 Å². The van der Waals surface area contributed by atoms with Crippen LogP contribution in [0.2, 0.25) is 5.02 Å². The van der Waals surface area contributed by atoms with E-state index in [1.54, 1.807) is 18.2 Å². The molecule has 0 saturated carbocycles. The van der Waals surface area contributed by atoms with Gasteiger partial charge in [0.2, 0.25) is 0 Å². The fraction of sp³-hybridized carbons (Fsp3) is 0.556. The summed E-state index contributed by atoms with van der Waals surface area (Å²) in [5, 5.41) is 7.23. The SMILES string of the molecule is COC(=O)c1ccc(Cl)c(NC(=S)NCCCN2CCC[C@H](C)C2)c1. The summed E-state index contributed by atoms with van der Waals surface area (Å²) in [4.78, 5) is 14.1. The summed E-state index contributed by atoms with van der Waals surface area (Å²) in [5.74, 6) is 0.392. The Balaban J connectivity index is 1.75. The number of esters is 1. The molecule has 1 fully saturated rings. The molecular formula is C18H26ClN3O2S. The van der Waals surface area contributed by atoms with Gasteiger partial charge in [-0.15, -0.1) is 0 Å². The largest absolute Gasteiger partial charge is 0.465 e. The predicted molar refractivity (Wildman–Crippen MR) is 106 cm³/mol. The van der Waals surface area contributed by atoms with E-state index in [9.17, 15) is 4.79 Å². The summed E-state index contributed by atoms with van der Waals surface area (Å²) in [6.45, 7) is 6.58. The summed E-state index contributed by atoms with van der Waals surface area (Å²) in [6, 6.07) is 4.91. The number of carbonyl (C=O) groups is 1. The number of rotatable bonds is 6. The Morgan fingerprint density at radius 1 is 1.48 bits per heavy atom. The van der Waals surface area contributed by atoms with E-state index in [0.717, 1.165) is 25.4 Å². The number of benzene rings is 1. The second kappa shape index (κ2) is 9.94. The molecule has 2 rings (SSSR count). The number of hydrogen-bond acceptors (Lipinski definition) is 4. The molecule has 1 aromatic carbocycles. The average molecular weight is 384 g/mol. The van der Waals surface area contributed by atoms with Crippen LogP contribution >= 0.6 is 23.8 Å². The lowest BCUT2D eigenvalue weighted by Gasteiger charge is -2.30. The predicted octanol–water partition coefficient (Wildman–Crippen LogP) is 3.54. The van der Waals surface area contributed by atoms with E-state index in [1.807, 2.05) is 0 Å². The van der Waals surface area contributed by atoms with E-state index in [1.165, 1.54) is 33.0 Å². The van der Waals surface area contributed by atoms with Crippen LogP contribution in [0.5, 0.6) is 0 Å². The van der Waals surface area contributed by atoms with E-state index in [4.69, 9.17) is 28.6 Å². The molecule has 7 heteroatoms. The number of piperidine rings is 1. The number of methoxy groups -OCH3 is 1. The van der Waals surface area contributed by atoms with Crippen LogP contribution in [0.4, 0.5) is 5.69 Å². The monoisotopic (exact) mass is 383 g/mol. The second-order valence-corrected chi connectivity index (χ2v) is 7.28. The van der Waals surface area contributed by atoms with Crippen LogP contribution in [0.1, 0.15) is 36.5 Å². The summed E-state index contributed by atoms with van der Waals surface area (Å²) in [7, 11) is 1.35. The molecular weight excluding hydrogens is 358 g/mol. The lowest BCUT2D eigenvalue weighted by atomic mass is 10.0. The zero-order valence-corrected chi connectivity index (χ0v) is 16.4. The molecule has 0 spiro atoms. The normalized spacial score (nSPS) is 17.8. The number of likely N-dealkylation sites (tertiary alicyclic amines) is 1. The molecule has 0 aliphatic carbocycles. The molecule has 0 radical (unpaired) electrons. The number of anilines is 1. The van der Waals surface area contributed by atoms with Gasteiger partial charge in [0.05, 0.1) is 23.4 Å². The first kappa shape index (κ1) is 19.9. The van der Waals surface area contributed by atoms with Gasteiger partial charge in [0, 0.05) is 13.1 Å². The minimum absolute atomic E-state index is 0.408. The van der Waals surface area contributed by atoms with Crippen molar-refractivity contribution in [2.45, 2.75) is 26.2 Å². The van der Waals surface area contributed by atoms with Crippen molar-refractivity contribution in [2.24, 2.45) is 5.92 Å². The average Bonchev–Trinajstić information content (AvgIpc) is 2.60. The Morgan fingerprint density at radius 3 is 3.00 bits per heavy atom. The van der Waals surface area contributed by atoms with E-state index < -0.39 is 5.97 Å². The van der Waals surface area contributed by atoms with Crippen LogP contribution in [0.25, 0.3) is 0 Å². The molecule has 1 saturated heterocycles. The maximum Gasteiger partial charge on any atom is 0.337 e. The van der Waals surface area contributed by atoms with Crippen LogP contribution in [-0.2, 0) is 4.74 Å². The van der Waals surface area contributed by atoms with Gasteiger partial charge in [-0.1, -0.05) is 18.5 Å². The van der Waals surface area contributed by atoms with Crippen molar-refractivity contribution in [3.8, 4) is 0 Å². The van der Waals surface area contributed by atoms with Crippen molar-refractivity contribution in [3.63, 3.8) is 0 Å². The van der Waals surface area contributed by atoms with Crippen LogP contribution in [0, 0.1) is 5.92 Å². The molecule has 2 N–H and O–H groups in total. The van der Waals surface area contributed by atoms with Gasteiger partial charge < -0.3 is 20.3 Å². The van der Waals surface area contributed by atoms with Crippen LogP contribution in [0.3, 0.4) is 0 Å². The highest BCUT2D eigenvalue weighted by Gasteiger charge is 2.15. The Morgan fingerprint density at radius 2 is 2.28 bits per heavy atom. The van der Waals surface area contributed by atoms with Crippen molar-refractivity contribution in [2.75, 3.05) is 38.6 Å². The molecule has 0 bridgehead atoms. The van der Waals surface area contributed by atoms with Gasteiger partial charge in [0.1, 0.15) is 0 Å². The number of carbonyl (C=O) groups excluding carboxylic acids is 1. The van der Waals surface area contributed by atoms with Gasteiger partial charge >= 0.3 is 5.97 Å². The number of halogens is 1. The number of hydrogen-bond donors (Lipinski definition) is 2. The topological polar surface area (TPSA) is 53.6 Å². The number of nitrogens with zero attached hydrogens (tertiary/aromatic N) is 1. The Labute approximate surface area is 160 Å².